The number of rotatable bonds is 4. The number of hydrogen-bond acceptors (Lipinski definition) is 6. The number of aromatic nitrogens is 5. The summed E-state index contributed by atoms with van der Waals surface area (Å²) in [5, 5.41) is 8.74. The highest BCUT2D eigenvalue weighted by molar-refractivity contribution is 5.92. The maximum Gasteiger partial charge on any atom is 0.278 e. The van der Waals surface area contributed by atoms with Gasteiger partial charge in [0.15, 0.2) is 11.5 Å². The molecule has 0 saturated carbocycles. The van der Waals surface area contributed by atoms with Crippen LogP contribution >= 0.6 is 0 Å². The largest absolute Gasteiger partial charge is 0.332 e. The summed E-state index contributed by atoms with van der Waals surface area (Å²) in [5.74, 6) is 0.893. The predicted octanol–water partition coefficient (Wildman–Crippen LogP) is 2.65. The Kier molecular flexibility index (Phi) is 4.59. The highest BCUT2D eigenvalue weighted by Crippen LogP contribution is 2.29. The maximum atomic E-state index is 12.9. The fraction of sp³-hybridized carbons (Fsp3) is 0.227. The van der Waals surface area contributed by atoms with Crippen LogP contribution in [0.4, 0.5) is 0 Å². The lowest BCUT2D eigenvalue weighted by Crippen LogP contribution is -2.36. The molecular weight excluding hydrogens is 380 g/mol. The van der Waals surface area contributed by atoms with Crippen molar-refractivity contribution in [3.63, 3.8) is 0 Å². The molecule has 8 nitrogen and oxygen atoms in total. The van der Waals surface area contributed by atoms with E-state index < -0.39 is 0 Å². The first kappa shape index (κ1) is 18.2. The fourth-order valence-corrected chi connectivity index (χ4v) is 3.79. The van der Waals surface area contributed by atoms with Gasteiger partial charge in [-0.05, 0) is 17.7 Å². The molecule has 3 aromatic heterocycles. The van der Waals surface area contributed by atoms with Gasteiger partial charge in [-0.1, -0.05) is 41.6 Å². The van der Waals surface area contributed by atoms with E-state index in [0.29, 0.717) is 49.0 Å². The maximum absolute atomic E-state index is 12.9. The molecule has 0 N–H and O–H groups in total. The molecule has 0 bridgehead atoms. The number of aryl methyl sites for hydroxylation is 1. The Morgan fingerprint density at radius 2 is 1.97 bits per heavy atom. The van der Waals surface area contributed by atoms with Gasteiger partial charge in [0, 0.05) is 43.9 Å². The number of nitrogens with zero attached hydrogens (tertiary/aromatic N) is 6. The van der Waals surface area contributed by atoms with E-state index in [-0.39, 0.29) is 5.91 Å². The zero-order chi connectivity index (χ0) is 20.5. The monoisotopic (exact) mass is 400 g/mol. The smallest absolute Gasteiger partial charge is 0.278 e. The van der Waals surface area contributed by atoms with Crippen molar-refractivity contribution in [3.8, 4) is 11.6 Å². The molecule has 150 valence electrons. The van der Waals surface area contributed by atoms with Gasteiger partial charge >= 0.3 is 0 Å². The van der Waals surface area contributed by atoms with Crippen molar-refractivity contribution in [2.24, 2.45) is 7.05 Å². The van der Waals surface area contributed by atoms with E-state index in [1.54, 1.807) is 23.2 Å². The van der Waals surface area contributed by atoms with Crippen LogP contribution in [0.15, 0.2) is 59.3 Å². The van der Waals surface area contributed by atoms with Crippen LogP contribution in [-0.4, -0.2) is 42.3 Å². The fourth-order valence-electron chi connectivity index (χ4n) is 3.79. The third-order valence-electron chi connectivity index (χ3n) is 5.29. The molecule has 1 aliphatic rings. The molecule has 0 radical (unpaired) electrons. The minimum atomic E-state index is -0.0913. The highest BCUT2D eigenvalue weighted by atomic mass is 16.5. The molecule has 0 saturated heterocycles. The van der Waals surface area contributed by atoms with E-state index in [0.717, 1.165) is 16.8 Å². The van der Waals surface area contributed by atoms with Crippen molar-refractivity contribution in [1.82, 2.24) is 29.8 Å². The first-order chi connectivity index (χ1) is 14.7. The average molecular weight is 400 g/mol. The van der Waals surface area contributed by atoms with Gasteiger partial charge in [-0.25, -0.2) is 0 Å². The normalized spacial score (nSPS) is 13.3. The lowest BCUT2D eigenvalue weighted by atomic mass is 10.0. The second-order valence-corrected chi connectivity index (χ2v) is 7.27. The number of benzene rings is 1. The van der Waals surface area contributed by atoms with Crippen molar-refractivity contribution in [2.45, 2.75) is 19.4 Å². The molecule has 30 heavy (non-hydrogen) atoms. The van der Waals surface area contributed by atoms with Gasteiger partial charge < -0.3 is 9.42 Å². The molecule has 1 amide bonds. The Morgan fingerprint density at radius 1 is 1.13 bits per heavy atom. The summed E-state index contributed by atoms with van der Waals surface area (Å²) in [4.78, 5) is 23.4. The molecule has 1 aliphatic heterocycles. The lowest BCUT2D eigenvalue weighted by molar-refractivity contribution is 0.0727. The first-order valence-electron chi connectivity index (χ1n) is 9.81. The van der Waals surface area contributed by atoms with Crippen molar-refractivity contribution in [1.29, 1.82) is 0 Å². The van der Waals surface area contributed by atoms with Crippen LogP contribution in [0.2, 0.25) is 0 Å². The van der Waals surface area contributed by atoms with Crippen LogP contribution in [0, 0.1) is 0 Å². The minimum Gasteiger partial charge on any atom is -0.332 e. The van der Waals surface area contributed by atoms with E-state index in [2.05, 4.69) is 20.2 Å². The molecule has 0 atom stereocenters. The van der Waals surface area contributed by atoms with E-state index in [4.69, 9.17) is 4.52 Å². The predicted molar refractivity (Wildman–Crippen MR) is 108 cm³/mol. The van der Waals surface area contributed by atoms with E-state index >= 15 is 0 Å². The minimum absolute atomic E-state index is 0.0913. The molecule has 0 aliphatic carbocycles. The van der Waals surface area contributed by atoms with Crippen molar-refractivity contribution in [3.05, 3.63) is 83.1 Å². The number of pyridine rings is 1. The second kappa shape index (κ2) is 7.55. The Hall–Kier alpha value is -3.81. The summed E-state index contributed by atoms with van der Waals surface area (Å²) in [6.45, 7) is 1.05. The average Bonchev–Trinajstić information content (AvgIpc) is 3.38. The summed E-state index contributed by atoms with van der Waals surface area (Å²) in [6.07, 6.45) is 2.93. The van der Waals surface area contributed by atoms with Crippen LogP contribution < -0.4 is 0 Å². The summed E-state index contributed by atoms with van der Waals surface area (Å²) in [5.41, 5.74) is 4.22. The number of fused-ring (bicyclic) bond motifs is 1. The standard InChI is InChI=1S/C22H20N6O2/c1-27-18-10-12-28(22(29)17-9-5-6-11-23-17)14-16(18)20(25-27)21-24-19(26-30-21)13-15-7-3-2-4-8-15/h2-9,11H,10,12-14H2,1H3. The van der Waals surface area contributed by atoms with Crippen molar-refractivity contribution >= 4 is 5.91 Å². The highest BCUT2D eigenvalue weighted by Gasteiger charge is 2.30. The van der Waals surface area contributed by atoms with E-state index in [1.165, 1.54) is 0 Å². The lowest BCUT2D eigenvalue weighted by Gasteiger charge is -2.27. The zero-order valence-corrected chi connectivity index (χ0v) is 16.5. The van der Waals surface area contributed by atoms with Crippen molar-refractivity contribution in [2.75, 3.05) is 6.54 Å². The van der Waals surface area contributed by atoms with Gasteiger partial charge in [0.2, 0.25) is 0 Å². The summed E-state index contributed by atoms with van der Waals surface area (Å²) in [7, 11) is 1.90. The molecular formula is C22H20N6O2. The third kappa shape index (κ3) is 3.36. The summed E-state index contributed by atoms with van der Waals surface area (Å²) in [6, 6.07) is 15.3. The number of carbonyl (C=O) groups is 1. The van der Waals surface area contributed by atoms with Gasteiger partial charge in [0.1, 0.15) is 5.69 Å². The molecule has 0 fully saturated rings. The van der Waals surface area contributed by atoms with Gasteiger partial charge in [-0.3, -0.25) is 14.5 Å². The SMILES string of the molecule is Cn1nc(-c2nc(Cc3ccccc3)no2)c2c1CCN(C(=O)c1ccccn1)C2. The number of carbonyl (C=O) groups excluding carboxylic acids is 1. The topological polar surface area (TPSA) is 89.9 Å². The van der Waals surface area contributed by atoms with Crippen LogP contribution in [0.25, 0.3) is 11.6 Å². The van der Waals surface area contributed by atoms with Crippen LogP contribution in [0.5, 0.6) is 0 Å². The van der Waals surface area contributed by atoms with E-state index in [1.807, 2.05) is 48.1 Å². The number of hydrogen-bond donors (Lipinski definition) is 0. The molecule has 0 unspecified atom stereocenters. The molecule has 4 heterocycles. The number of amides is 1. The summed E-state index contributed by atoms with van der Waals surface area (Å²) >= 11 is 0. The molecule has 5 rings (SSSR count). The van der Waals surface area contributed by atoms with Crippen molar-refractivity contribution < 1.29 is 9.32 Å². The van der Waals surface area contributed by atoms with Gasteiger partial charge in [0.25, 0.3) is 11.8 Å². The molecule has 8 heteroatoms. The zero-order valence-electron chi connectivity index (χ0n) is 16.5. The third-order valence-corrected chi connectivity index (χ3v) is 5.29. The van der Waals surface area contributed by atoms with Crippen LogP contribution in [0.1, 0.15) is 33.1 Å². The van der Waals surface area contributed by atoms with Gasteiger partial charge in [-0.2, -0.15) is 10.1 Å². The molecule has 1 aromatic carbocycles. The Labute approximate surface area is 173 Å². The Morgan fingerprint density at radius 3 is 2.77 bits per heavy atom. The molecule has 4 aromatic rings. The van der Waals surface area contributed by atoms with Crippen LogP contribution in [0.3, 0.4) is 0 Å². The Bertz CT molecular complexity index is 1180. The quantitative estimate of drug-likeness (QED) is 0.523. The van der Waals surface area contributed by atoms with Gasteiger partial charge in [-0.15, -0.1) is 0 Å². The Balaban J connectivity index is 1.42. The first-order valence-corrected chi connectivity index (χ1v) is 9.81. The van der Waals surface area contributed by atoms with E-state index in [9.17, 15) is 4.79 Å². The molecule has 0 spiro atoms. The van der Waals surface area contributed by atoms with Gasteiger partial charge in [0.05, 0.1) is 6.54 Å². The van der Waals surface area contributed by atoms with Crippen LogP contribution in [-0.2, 0) is 26.4 Å². The summed E-state index contributed by atoms with van der Waals surface area (Å²) < 4.78 is 7.37. The second-order valence-electron chi connectivity index (χ2n) is 7.27.